The molecule has 0 spiro atoms. The van der Waals surface area contributed by atoms with Crippen molar-refractivity contribution in [3.8, 4) is 0 Å². The number of nitrogen functional groups attached to an aromatic ring is 1. The molecule has 5 rings (SSSR count). The molecule has 4 saturated carbocycles. The molecule has 11 heteroatoms. The number of nitrogens with one attached hydrogen (secondary N) is 2. The summed E-state index contributed by atoms with van der Waals surface area (Å²) in [5.41, 5.74) is 7.35. The van der Waals surface area contributed by atoms with E-state index in [0.717, 1.165) is 23.4 Å². The Bertz CT molecular complexity index is 945. The molecule has 4 aliphatic rings. The lowest BCUT2D eigenvalue weighted by molar-refractivity contribution is -0.0193. The summed E-state index contributed by atoms with van der Waals surface area (Å²) in [6.45, 7) is 1.20. The molecule has 0 heterocycles. The molecule has 0 aliphatic heterocycles. The lowest BCUT2D eigenvalue weighted by atomic mass is 9.53. The molecule has 33 heavy (non-hydrogen) atoms. The highest BCUT2D eigenvalue weighted by Gasteiger charge is 2.50. The van der Waals surface area contributed by atoms with Gasteiger partial charge in [-0.25, -0.2) is 0 Å². The highest BCUT2D eigenvalue weighted by molar-refractivity contribution is 7.86. The second-order valence-electron chi connectivity index (χ2n) is 9.95. The monoisotopic (exact) mass is 503 g/mol. The third-order valence-electron chi connectivity index (χ3n) is 6.94. The van der Waals surface area contributed by atoms with Crippen LogP contribution in [0.1, 0.15) is 51.4 Å². The van der Waals surface area contributed by atoms with E-state index < -0.39 is 20.2 Å². The van der Waals surface area contributed by atoms with Gasteiger partial charge in [0.25, 0.3) is 20.2 Å². The minimum absolute atomic E-state index is 0.119. The molecule has 0 saturated heterocycles. The first-order chi connectivity index (χ1) is 15.4. The van der Waals surface area contributed by atoms with E-state index in [9.17, 15) is 16.8 Å². The maximum absolute atomic E-state index is 10.7. The summed E-state index contributed by atoms with van der Waals surface area (Å²) in [4.78, 5) is 0. The molecule has 0 unspecified atom stereocenters. The van der Waals surface area contributed by atoms with Gasteiger partial charge in [0.15, 0.2) is 0 Å². The van der Waals surface area contributed by atoms with Gasteiger partial charge in [-0.1, -0.05) is 0 Å². The Labute approximate surface area is 197 Å². The van der Waals surface area contributed by atoms with Crippen molar-refractivity contribution in [2.24, 2.45) is 17.8 Å². The predicted octanol–water partition coefficient (Wildman–Crippen LogP) is 2.78. The van der Waals surface area contributed by atoms with E-state index >= 15 is 0 Å². The van der Waals surface area contributed by atoms with Crippen molar-refractivity contribution >= 4 is 31.6 Å². The van der Waals surface area contributed by atoms with Gasteiger partial charge in [0.1, 0.15) is 0 Å². The summed E-state index contributed by atoms with van der Waals surface area (Å²) >= 11 is 0. The number of nitrogens with two attached hydrogens (primary N) is 1. The normalized spacial score (nSPS) is 28.2. The van der Waals surface area contributed by atoms with E-state index in [-0.39, 0.29) is 11.5 Å². The van der Waals surface area contributed by atoms with Gasteiger partial charge in [-0.3, -0.25) is 9.11 Å². The van der Waals surface area contributed by atoms with Gasteiger partial charge in [-0.2, -0.15) is 16.8 Å². The Morgan fingerprint density at radius 3 is 1.73 bits per heavy atom. The fourth-order valence-electron chi connectivity index (χ4n) is 6.02. The number of rotatable bonds is 10. The van der Waals surface area contributed by atoms with E-state index in [2.05, 4.69) is 10.6 Å². The minimum atomic E-state index is -3.85. The van der Waals surface area contributed by atoms with Crippen molar-refractivity contribution in [2.75, 3.05) is 35.6 Å². The summed E-state index contributed by atoms with van der Waals surface area (Å²) in [7, 11) is -7.64. The molecule has 4 fully saturated rings. The highest BCUT2D eigenvalue weighted by Crippen LogP contribution is 2.55. The Hall–Kier alpha value is -1.40. The van der Waals surface area contributed by atoms with Crippen LogP contribution >= 0.6 is 0 Å². The summed E-state index contributed by atoms with van der Waals surface area (Å²) in [6.07, 6.45) is 8.99. The zero-order chi connectivity index (χ0) is 24.1. The topological polar surface area (TPSA) is 159 Å². The Kier molecular flexibility index (Phi) is 8.66. The van der Waals surface area contributed by atoms with Gasteiger partial charge < -0.3 is 16.4 Å². The van der Waals surface area contributed by atoms with Crippen LogP contribution in [-0.2, 0) is 20.2 Å². The Morgan fingerprint density at radius 1 is 0.818 bits per heavy atom. The first kappa shape index (κ1) is 26.2. The van der Waals surface area contributed by atoms with Crippen molar-refractivity contribution in [1.29, 1.82) is 0 Å². The summed E-state index contributed by atoms with van der Waals surface area (Å²) in [5.74, 6) is 2.38. The molecular weight excluding hydrogens is 466 g/mol. The van der Waals surface area contributed by atoms with Crippen molar-refractivity contribution in [1.82, 2.24) is 5.32 Å². The van der Waals surface area contributed by atoms with Crippen LogP contribution in [0.25, 0.3) is 0 Å². The maximum atomic E-state index is 10.7. The standard InChI is InChI=1S/C13H23NO3S.C9H14N2O3S/c15-18(16,17)3-1-2-14-13-7-10-4-11(8-13)6-12(5-10)9-13;10-8-2-4-9(5-3-8)11-6-1-7-15(12,13)14/h10-12,14H,1-9H2,(H,15,16,17);2-5,11H,1,6-7,10H2,(H,12,13,14). The van der Waals surface area contributed by atoms with Crippen LogP contribution in [0.4, 0.5) is 11.4 Å². The van der Waals surface area contributed by atoms with Crippen LogP contribution < -0.4 is 16.4 Å². The zero-order valence-corrected chi connectivity index (χ0v) is 20.6. The van der Waals surface area contributed by atoms with E-state index in [0.29, 0.717) is 37.2 Å². The minimum Gasteiger partial charge on any atom is -0.399 e. The van der Waals surface area contributed by atoms with Crippen molar-refractivity contribution in [3.63, 3.8) is 0 Å². The lowest BCUT2D eigenvalue weighted by Crippen LogP contribution is -2.58. The lowest BCUT2D eigenvalue weighted by Gasteiger charge is -2.57. The predicted molar refractivity (Wildman–Crippen MR) is 130 cm³/mol. The Morgan fingerprint density at radius 2 is 1.27 bits per heavy atom. The average Bonchev–Trinajstić information content (AvgIpc) is 2.68. The van der Waals surface area contributed by atoms with Crippen LogP contribution in [-0.4, -0.2) is 56.1 Å². The molecule has 0 amide bonds. The zero-order valence-electron chi connectivity index (χ0n) is 18.9. The summed E-state index contributed by atoms with van der Waals surface area (Å²) in [6, 6.07) is 7.13. The number of hydrogen-bond acceptors (Lipinski definition) is 7. The molecule has 4 aliphatic carbocycles. The van der Waals surface area contributed by atoms with Gasteiger partial charge >= 0.3 is 0 Å². The molecular formula is C22H37N3O6S2. The van der Waals surface area contributed by atoms with E-state index in [1.807, 2.05) is 12.1 Å². The molecule has 4 bridgehead atoms. The quantitative estimate of drug-likeness (QED) is 0.184. The van der Waals surface area contributed by atoms with Crippen molar-refractivity contribution in [2.45, 2.75) is 56.9 Å². The third-order valence-corrected chi connectivity index (χ3v) is 8.55. The number of hydrogen-bond donors (Lipinski definition) is 5. The molecule has 0 atom stereocenters. The molecule has 0 radical (unpaired) electrons. The second kappa shape index (κ2) is 10.9. The number of anilines is 2. The molecule has 1 aromatic rings. The van der Waals surface area contributed by atoms with Crippen molar-refractivity contribution < 1.29 is 25.9 Å². The highest BCUT2D eigenvalue weighted by atomic mass is 32.2. The molecule has 6 N–H and O–H groups in total. The van der Waals surface area contributed by atoms with E-state index in [1.165, 1.54) is 38.5 Å². The van der Waals surface area contributed by atoms with E-state index in [1.54, 1.807) is 12.1 Å². The third kappa shape index (κ3) is 9.05. The van der Waals surface area contributed by atoms with E-state index in [4.69, 9.17) is 14.8 Å². The smallest absolute Gasteiger partial charge is 0.264 e. The first-order valence-electron chi connectivity index (χ1n) is 11.7. The maximum Gasteiger partial charge on any atom is 0.264 e. The second-order valence-corrected chi connectivity index (χ2v) is 13.1. The van der Waals surface area contributed by atoms with Gasteiger partial charge in [0.2, 0.25) is 0 Å². The first-order valence-corrected chi connectivity index (χ1v) is 14.9. The Balaban J connectivity index is 0.000000190. The van der Waals surface area contributed by atoms with Gasteiger partial charge in [-0.05, 0) is 99.9 Å². The number of benzene rings is 1. The summed E-state index contributed by atoms with van der Waals surface area (Å²) < 4.78 is 59.4. The fraction of sp³-hybridized carbons (Fsp3) is 0.727. The molecule has 1 aromatic carbocycles. The largest absolute Gasteiger partial charge is 0.399 e. The molecule has 0 aromatic heterocycles. The average molecular weight is 504 g/mol. The molecule has 188 valence electrons. The van der Waals surface area contributed by atoms with Crippen LogP contribution in [0.2, 0.25) is 0 Å². The van der Waals surface area contributed by atoms with Gasteiger partial charge in [0.05, 0.1) is 11.5 Å². The van der Waals surface area contributed by atoms with Gasteiger partial charge in [-0.15, -0.1) is 0 Å². The van der Waals surface area contributed by atoms with Crippen molar-refractivity contribution in [3.05, 3.63) is 24.3 Å². The van der Waals surface area contributed by atoms with Gasteiger partial charge in [0, 0.05) is 23.5 Å². The molecule has 9 nitrogen and oxygen atoms in total. The van der Waals surface area contributed by atoms with Crippen LogP contribution in [0.15, 0.2) is 24.3 Å². The fourth-order valence-corrected chi connectivity index (χ4v) is 7.04. The SMILES string of the molecule is Nc1ccc(NCCCS(=O)(=O)O)cc1.O=S(=O)(O)CCCNC12CC3CC(CC(C3)C1)C2. The van der Waals surface area contributed by atoms with Crippen LogP contribution in [0, 0.1) is 17.8 Å². The van der Waals surface area contributed by atoms with Crippen LogP contribution in [0.5, 0.6) is 0 Å². The van der Waals surface area contributed by atoms with Crippen LogP contribution in [0.3, 0.4) is 0 Å². The summed E-state index contributed by atoms with van der Waals surface area (Å²) in [5, 5.41) is 6.64.